The minimum absolute atomic E-state index is 0. The predicted octanol–water partition coefficient (Wildman–Crippen LogP) is 7.01. The second-order valence-corrected chi connectivity index (χ2v) is 8.71. The van der Waals surface area contributed by atoms with Crippen LogP contribution in [0.2, 0.25) is 0 Å². The molecule has 1 fully saturated rings. The summed E-state index contributed by atoms with van der Waals surface area (Å²) < 4.78 is 0. The molecule has 2 heteroatoms. The summed E-state index contributed by atoms with van der Waals surface area (Å²) in [5, 5.41) is 0. The molecular formula is C25H29PTi-8. The molecule has 0 heterocycles. The van der Waals surface area contributed by atoms with Crippen molar-refractivity contribution in [2.24, 2.45) is 5.41 Å². The van der Waals surface area contributed by atoms with Crippen LogP contribution in [0.15, 0.2) is 91.0 Å². The zero-order valence-electron chi connectivity index (χ0n) is 16.8. The summed E-state index contributed by atoms with van der Waals surface area (Å²) in [6.45, 7) is 8.96. The first kappa shape index (κ1) is 23.8. The Labute approximate surface area is 182 Å². The van der Waals surface area contributed by atoms with E-state index in [9.17, 15) is 0 Å². The first-order valence-corrected chi connectivity index (χ1v) is 10.1. The quantitative estimate of drug-likeness (QED) is 0.243. The fourth-order valence-corrected chi connectivity index (χ4v) is 3.75. The Morgan fingerprint density at radius 2 is 1.41 bits per heavy atom. The molecule has 0 saturated heterocycles. The van der Waals surface area contributed by atoms with Crippen molar-refractivity contribution in [1.82, 2.24) is 0 Å². The van der Waals surface area contributed by atoms with Crippen molar-refractivity contribution >= 4 is 14.0 Å². The van der Waals surface area contributed by atoms with Crippen molar-refractivity contribution in [2.45, 2.75) is 38.8 Å². The number of hydrogen-bond donors (Lipinski definition) is 0. The SMILES string of the molecule is CC(C)(C)[C-]=PC1[CH-]C1(C)c1ccccc1.[Ti].[cH-]1[cH-][cH-][cH-][cH-]1.c1cc[cH-]c1. The van der Waals surface area contributed by atoms with Crippen LogP contribution in [0.5, 0.6) is 0 Å². The summed E-state index contributed by atoms with van der Waals surface area (Å²) in [6.07, 6.45) is 2.43. The Hall–Kier alpha value is -1.20. The fraction of sp³-hybridized carbons (Fsp3) is 0.280. The summed E-state index contributed by atoms with van der Waals surface area (Å²) in [4.78, 5) is 0. The van der Waals surface area contributed by atoms with Crippen molar-refractivity contribution in [3.63, 3.8) is 0 Å². The number of rotatable bonds is 2. The van der Waals surface area contributed by atoms with E-state index in [1.807, 2.05) is 60.7 Å². The van der Waals surface area contributed by atoms with Gasteiger partial charge in [0.15, 0.2) is 0 Å². The van der Waals surface area contributed by atoms with Crippen molar-refractivity contribution in [3.8, 4) is 0 Å². The molecule has 1 saturated carbocycles. The molecule has 0 N–H and O–H groups in total. The Morgan fingerprint density at radius 3 is 1.81 bits per heavy atom. The van der Waals surface area contributed by atoms with Gasteiger partial charge in [-0.1, -0.05) is 63.6 Å². The van der Waals surface area contributed by atoms with Gasteiger partial charge in [-0.05, 0) is 0 Å². The van der Waals surface area contributed by atoms with E-state index < -0.39 is 0 Å². The van der Waals surface area contributed by atoms with E-state index in [1.54, 1.807) is 0 Å². The van der Waals surface area contributed by atoms with Gasteiger partial charge in [0.1, 0.15) is 0 Å². The minimum atomic E-state index is 0. The van der Waals surface area contributed by atoms with Crippen LogP contribution in [-0.2, 0) is 27.1 Å². The summed E-state index contributed by atoms with van der Waals surface area (Å²) in [5.41, 5.74) is 2.56. The van der Waals surface area contributed by atoms with E-state index in [-0.39, 0.29) is 32.5 Å². The van der Waals surface area contributed by atoms with Gasteiger partial charge in [-0.3, -0.25) is 0 Å². The van der Waals surface area contributed by atoms with Crippen LogP contribution < -0.4 is 0 Å². The molecule has 1 aliphatic rings. The van der Waals surface area contributed by atoms with Crippen LogP contribution in [0.1, 0.15) is 33.3 Å². The normalized spacial score (nSPS) is 20.5. The standard InChI is InChI=1S/C15H19P.2C5H5.Ti/c1-14(2,3)11-16-13-10-15(13,4)12-8-6-5-7-9-12;2*1-2-4-5-3-1;/h5-10,13H,1-4H3;2*1-5H;/q-2;-5;-1;. The smallest absolute Gasteiger partial charge is 0 e. The van der Waals surface area contributed by atoms with Gasteiger partial charge in [-0.25, -0.2) is 12.1 Å². The maximum Gasteiger partial charge on any atom is 0 e. The predicted molar refractivity (Wildman–Crippen MR) is 117 cm³/mol. The molecule has 0 spiro atoms. The molecule has 2 unspecified atom stereocenters. The Kier molecular flexibility index (Phi) is 10.2. The molecule has 0 bridgehead atoms. The summed E-state index contributed by atoms with van der Waals surface area (Å²) in [6, 6.07) is 30.8. The Morgan fingerprint density at radius 1 is 0.889 bits per heavy atom. The van der Waals surface area contributed by atoms with Crippen LogP contribution in [-0.4, -0.2) is 11.5 Å². The average molecular weight is 408 g/mol. The maximum atomic E-state index is 3.55. The van der Waals surface area contributed by atoms with E-state index in [0.717, 1.165) is 0 Å². The molecule has 1 aliphatic carbocycles. The maximum absolute atomic E-state index is 3.55. The molecule has 3 aromatic rings. The molecule has 0 nitrogen and oxygen atoms in total. The van der Waals surface area contributed by atoms with Crippen molar-refractivity contribution < 1.29 is 21.7 Å². The van der Waals surface area contributed by atoms with E-state index in [4.69, 9.17) is 0 Å². The second-order valence-electron chi connectivity index (χ2n) is 7.68. The third-order valence-corrected chi connectivity index (χ3v) is 5.82. The topological polar surface area (TPSA) is 0 Å². The molecule has 4 rings (SSSR count). The van der Waals surface area contributed by atoms with E-state index in [2.05, 4.69) is 70.2 Å². The van der Waals surface area contributed by atoms with Crippen LogP contribution in [0.4, 0.5) is 0 Å². The third kappa shape index (κ3) is 9.03. The Balaban J connectivity index is 0.000000270. The first-order valence-electron chi connectivity index (χ1n) is 9.14. The van der Waals surface area contributed by atoms with Gasteiger partial charge in [0.2, 0.25) is 0 Å². The minimum Gasteiger partial charge on any atom is -0.748 e. The van der Waals surface area contributed by atoms with Crippen LogP contribution in [0.25, 0.3) is 0 Å². The average Bonchev–Trinajstić information content (AvgIpc) is 3.15. The van der Waals surface area contributed by atoms with Crippen molar-refractivity contribution in [3.05, 3.63) is 103 Å². The molecule has 27 heavy (non-hydrogen) atoms. The molecule has 0 aliphatic heterocycles. The van der Waals surface area contributed by atoms with Gasteiger partial charge in [-0.15, -0.1) is 0 Å². The van der Waals surface area contributed by atoms with Gasteiger partial charge in [0.05, 0.1) is 0 Å². The van der Waals surface area contributed by atoms with Crippen LogP contribution in [0.3, 0.4) is 0 Å². The largest absolute Gasteiger partial charge is 0.748 e. The van der Waals surface area contributed by atoms with Gasteiger partial charge in [0.25, 0.3) is 0 Å². The molecule has 2 atom stereocenters. The summed E-state index contributed by atoms with van der Waals surface area (Å²) in [7, 11) is 1.33. The first-order chi connectivity index (χ1) is 12.4. The second kappa shape index (κ2) is 11.6. The third-order valence-electron chi connectivity index (χ3n) is 4.06. The van der Waals surface area contributed by atoms with Gasteiger partial charge in [0, 0.05) is 21.7 Å². The summed E-state index contributed by atoms with van der Waals surface area (Å²) >= 11 is 0. The van der Waals surface area contributed by atoms with E-state index in [1.165, 1.54) is 13.8 Å². The molecular weight excluding hydrogens is 379 g/mol. The molecule has 3 aromatic carbocycles. The van der Waals surface area contributed by atoms with Gasteiger partial charge in [-0.2, -0.15) is 34.7 Å². The zero-order chi connectivity index (χ0) is 18.9. The Bertz CT molecular complexity index is 660. The van der Waals surface area contributed by atoms with E-state index >= 15 is 0 Å². The van der Waals surface area contributed by atoms with Crippen LogP contribution >= 0.6 is 8.20 Å². The molecule has 146 valence electrons. The van der Waals surface area contributed by atoms with Gasteiger partial charge >= 0.3 is 0 Å². The molecule has 0 radical (unpaired) electrons. The molecule has 0 amide bonds. The number of benzene rings is 1. The van der Waals surface area contributed by atoms with Crippen LogP contribution in [0, 0.1) is 11.8 Å². The van der Waals surface area contributed by atoms with Crippen molar-refractivity contribution in [1.29, 1.82) is 0 Å². The monoisotopic (exact) mass is 408 g/mol. The number of hydrogen-bond acceptors (Lipinski definition) is 0. The zero-order valence-corrected chi connectivity index (χ0v) is 19.2. The van der Waals surface area contributed by atoms with Crippen molar-refractivity contribution in [2.75, 3.05) is 0 Å². The molecule has 0 aromatic heterocycles. The summed E-state index contributed by atoms with van der Waals surface area (Å²) in [5.74, 6) is 3.55. The van der Waals surface area contributed by atoms with Gasteiger partial charge < -0.3 is 50.8 Å². The fourth-order valence-electron chi connectivity index (χ4n) is 2.42. The van der Waals surface area contributed by atoms with E-state index in [0.29, 0.717) is 5.66 Å².